The van der Waals surface area contributed by atoms with E-state index in [1.807, 2.05) is 13.8 Å². The highest BCUT2D eigenvalue weighted by Gasteiger charge is 2.29. The minimum atomic E-state index is -3.52. The fourth-order valence-corrected chi connectivity index (χ4v) is 3.82. The van der Waals surface area contributed by atoms with Crippen LogP contribution in [0.4, 0.5) is 4.39 Å². The lowest BCUT2D eigenvalue weighted by Crippen LogP contribution is -2.41. The molecule has 0 aromatic heterocycles. The lowest BCUT2D eigenvalue weighted by atomic mass is 10.1. The van der Waals surface area contributed by atoms with Crippen LogP contribution in [0, 0.1) is 5.82 Å². The molecule has 4 nitrogen and oxygen atoms in total. The third-order valence-electron chi connectivity index (χ3n) is 3.32. The van der Waals surface area contributed by atoms with Crippen LogP contribution in [0.1, 0.15) is 26.7 Å². The van der Waals surface area contributed by atoms with Crippen LogP contribution in [-0.4, -0.2) is 38.0 Å². The predicted molar refractivity (Wildman–Crippen MR) is 74.4 cm³/mol. The molecule has 1 aliphatic heterocycles. The van der Waals surface area contributed by atoms with Gasteiger partial charge in [0.2, 0.25) is 10.0 Å². The van der Waals surface area contributed by atoms with E-state index in [0.717, 1.165) is 0 Å². The number of piperidine rings is 1. The van der Waals surface area contributed by atoms with E-state index in [1.165, 1.54) is 28.6 Å². The van der Waals surface area contributed by atoms with Crippen LogP contribution in [0.5, 0.6) is 0 Å². The Balaban J connectivity index is 2.04. The Hall–Kier alpha value is -0.980. The van der Waals surface area contributed by atoms with E-state index < -0.39 is 15.8 Å². The summed E-state index contributed by atoms with van der Waals surface area (Å²) < 4.78 is 44.8. The monoisotopic (exact) mass is 301 g/mol. The molecule has 0 radical (unpaired) electrons. The van der Waals surface area contributed by atoms with E-state index in [2.05, 4.69) is 0 Å². The summed E-state index contributed by atoms with van der Waals surface area (Å²) in [4.78, 5) is 0.141. The first kappa shape index (κ1) is 15.4. The topological polar surface area (TPSA) is 46.6 Å². The second-order valence-electron chi connectivity index (χ2n) is 5.24. The Bertz CT molecular complexity index is 534. The maximum Gasteiger partial charge on any atom is 0.243 e. The van der Waals surface area contributed by atoms with Crippen molar-refractivity contribution in [1.82, 2.24) is 4.31 Å². The van der Waals surface area contributed by atoms with Crippen LogP contribution < -0.4 is 0 Å². The van der Waals surface area contributed by atoms with E-state index in [4.69, 9.17) is 4.74 Å². The first-order chi connectivity index (χ1) is 9.39. The number of rotatable bonds is 4. The summed E-state index contributed by atoms with van der Waals surface area (Å²) in [5.74, 6) is -0.437. The number of benzene rings is 1. The quantitative estimate of drug-likeness (QED) is 0.858. The number of halogens is 1. The van der Waals surface area contributed by atoms with Crippen LogP contribution in [0.3, 0.4) is 0 Å². The summed E-state index contributed by atoms with van der Waals surface area (Å²) in [6.45, 7) is 4.83. The molecule has 1 heterocycles. The zero-order chi connectivity index (χ0) is 14.8. The van der Waals surface area contributed by atoms with Crippen molar-refractivity contribution >= 4 is 10.0 Å². The number of ether oxygens (including phenoxy) is 1. The molecule has 0 atom stereocenters. The summed E-state index contributed by atoms with van der Waals surface area (Å²) in [5.41, 5.74) is 0. The average Bonchev–Trinajstić information content (AvgIpc) is 2.39. The molecule has 1 aromatic carbocycles. The highest BCUT2D eigenvalue weighted by molar-refractivity contribution is 7.89. The largest absolute Gasteiger partial charge is 0.375 e. The van der Waals surface area contributed by atoms with Gasteiger partial charge in [0, 0.05) is 13.1 Å². The van der Waals surface area contributed by atoms with E-state index >= 15 is 0 Å². The Kier molecular flexibility index (Phi) is 4.78. The Morgan fingerprint density at radius 3 is 2.25 bits per heavy atom. The molecular formula is C14H20FNO3S. The molecule has 1 aromatic rings. The van der Waals surface area contributed by atoms with E-state index in [1.54, 1.807) is 0 Å². The van der Waals surface area contributed by atoms with Crippen molar-refractivity contribution in [3.63, 3.8) is 0 Å². The maximum atomic E-state index is 12.9. The van der Waals surface area contributed by atoms with Crippen LogP contribution >= 0.6 is 0 Å². The molecule has 1 aliphatic rings. The second kappa shape index (κ2) is 6.20. The predicted octanol–water partition coefficient (Wildman–Crippen LogP) is 2.40. The molecule has 20 heavy (non-hydrogen) atoms. The lowest BCUT2D eigenvalue weighted by Gasteiger charge is -2.32. The smallest absolute Gasteiger partial charge is 0.243 e. The van der Waals surface area contributed by atoms with Gasteiger partial charge < -0.3 is 4.74 Å². The molecule has 112 valence electrons. The first-order valence-corrected chi connectivity index (χ1v) is 8.25. The first-order valence-electron chi connectivity index (χ1n) is 6.81. The van der Waals surface area contributed by atoms with Gasteiger partial charge in [0.25, 0.3) is 0 Å². The average molecular weight is 301 g/mol. The number of hydrogen-bond donors (Lipinski definition) is 0. The summed E-state index contributed by atoms with van der Waals surface area (Å²) >= 11 is 0. The van der Waals surface area contributed by atoms with Crippen molar-refractivity contribution in [2.45, 2.75) is 43.8 Å². The Morgan fingerprint density at radius 2 is 1.75 bits per heavy atom. The SMILES string of the molecule is CC(C)OC1CCN(S(=O)(=O)c2ccc(F)cc2)CC1. The molecule has 6 heteroatoms. The van der Waals surface area contributed by atoms with Crippen molar-refractivity contribution in [1.29, 1.82) is 0 Å². The van der Waals surface area contributed by atoms with Gasteiger partial charge in [-0.1, -0.05) is 0 Å². The molecule has 0 amide bonds. The molecule has 0 unspecified atom stereocenters. The van der Waals surface area contributed by atoms with Gasteiger partial charge in [-0.2, -0.15) is 4.31 Å². The van der Waals surface area contributed by atoms with Crippen molar-refractivity contribution < 1.29 is 17.5 Å². The number of sulfonamides is 1. The van der Waals surface area contributed by atoms with Gasteiger partial charge in [0.05, 0.1) is 17.1 Å². The van der Waals surface area contributed by atoms with Gasteiger partial charge in [-0.15, -0.1) is 0 Å². The van der Waals surface area contributed by atoms with Crippen LogP contribution in [0.2, 0.25) is 0 Å². The van der Waals surface area contributed by atoms with E-state index in [0.29, 0.717) is 25.9 Å². The fourth-order valence-electron chi connectivity index (χ4n) is 2.35. The molecule has 1 fully saturated rings. The van der Waals surface area contributed by atoms with Crippen molar-refractivity contribution in [3.05, 3.63) is 30.1 Å². The van der Waals surface area contributed by atoms with E-state index in [-0.39, 0.29) is 17.1 Å². The highest BCUT2D eigenvalue weighted by atomic mass is 32.2. The minimum absolute atomic E-state index is 0.120. The van der Waals surface area contributed by atoms with Gasteiger partial charge in [-0.05, 0) is 51.0 Å². The van der Waals surface area contributed by atoms with E-state index in [9.17, 15) is 12.8 Å². The molecule has 0 bridgehead atoms. The highest BCUT2D eigenvalue weighted by Crippen LogP contribution is 2.22. The third-order valence-corrected chi connectivity index (χ3v) is 5.23. The summed E-state index contributed by atoms with van der Waals surface area (Å²) in [6, 6.07) is 4.95. The Labute approximate surface area is 119 Å². The molecule has 0 aliphatic carbocycles. The van der Waals surface area contributed by atoms with Crippen LogP contribution in [0.15, 0.2) is 29.2 Å². The normalized spacial score (nSPS) is 18.6. The summed E-state index contributed by atoms with van der Waals surface area (Å²) in [7, 11) is -3.52. The second-order valence-corrected chi connectivity index (χ2v) is 7.18. The van der Waals surface area contributed by atoms with Crippen molar-refractivity contribution in [3.8, 4) is 0 Å². The van der Waals surface area contributed by atoms with Gasteiger partial charge in [-0.3, -0.25) is 0 Å². The molecule has 0 saturated carbocycles. The van der Waals surface area contributed by atoms with Crippen LogP contribution in [-0.2, 0) is 14.8 Å². The molecule has 2 rings (SSSR count). The maximum absolute atomic E-state index is 12.9. The lowest BCUT2D eigenvalue weighted by molar-refractivity contribution is -0.0168. The van der Waals surface area contributed by atoms with Gasteiger partial charge in [0.15, 0.2) is 0 Å². The van der Waals surface area contributed by atoms with Gasteiger partial charge in [0.1, 0.15) is 5.82 Å². The molecular weight excluding hydrogens is 281 g/mol. The molecule has 0 spiro atoms. The number of nitrogens with zero attached hydrogens (tertiary/aromatic N) is 1. The Morgan fingerprint density at radius 1 is 1.20 bits per heavy atom. The zero-order valence-electron chi connectivity index (χ0n) is 11.8. The zero-order valence-corrected chi connectivity index (χ0v) is 12.6. The summed E-state index contributed by atoms with van der Waals surface area (Å²) in [5, 5.41) is 0. The minimum Gasteiger partial charge on any atom is -0.375 e. The fraction of sp³-hybridized carbons (Fsp3) is 0.571. The standard InChI is InChI=1S/C14H20FNO3S/c1-11(2)19-13-7-9-16(10-8-13)20(17,18)14-5-3-12(15)4-6-14/h3-6,11,13H,7-10H2,1-2H3. The van der Waals surface area contributed by atoms with Gasteiger partial charge >= 0.3 is 0 Å². The third kappa shape index (κ3) is 3.56. The van der Waals surface area contributed by atoms with Crippen LogP contribution in [0.25, 0.3) is 0 Å². The van der Waals surface area contributed by atoms with Crippen molar-refractivity contribution in [2.24, 2.45) is 0 Å². The van der Waals surface area contributed by atoms with Crippen molar-refractivity contribution in [2.75, 3.05) is 13.1 Å². The van der Waals surface area contributed by atoms with Gasteiger partial charge in [-0.25, -0.2) is 12.8 Å². The molecule has 0 N–H and O–H groups in total. The number of hydrogen-bond acceptors (Lipinski definition) is 3. The molecule has 1 saturated heterocycles. The summed E-state index contributed by atoms with van der Waals surface area (Å²) in [6.07, 6.45) is 1.66.